The first-order valence-corrected chi connectivity index (χ1v) is 11.4. The van der Waals surface area contributed by atoms with Crippen molar-refractivity contribution in [3.8, 4) is 11.4 Å². The molecule has 4 amide bonds. The molecular weight excluding hydrogens is 464 g/mol. The predicted molar refractivity (Wildman–Crippen MR) is 126 cm³/mol. The van der Waals surface area contributed by atoms with Gasteiger partial charge in [0.05, 0.1) is 11.7 Å². The summed E-state index contributed by atoms with van der Waals surface area (Å²) in [5, 5.41) is 21.5. The molecule has 0 bridgehead atoms. The molecule has 180 valence electrons. The number of rotatable bonds is 5. The van der Waals surface area contributed by atoms with Crippen LogP contribution in [0.2, 0.25) is 0 Å². The topological polar surface area (TPSA) is 155 Å². The zero-order valence-corrected chi connectivity index (χ0v) is 18.9. The Hall–Kier alpha value is -4.87. The van der Waals surface area contributed by atoms with Gasteiger partial charge in [-0.15, -0.1) is 5.10 Å². The number of nitrogens with one attached hydrogen (secondary N) is 3. The van der Waals surface area contributed by atoms with Crippen LogP contribution in [0.1, 0.15) is 28.8 Å². The van der Waals surface area contributed by atoms with Gasteiger partial charge in [-0.2, -0.15) is 5.10 Å². The quantitative estimate of drug-likeness (QED) is 0.360. The second kappa shape index (κ2) is 8.41. The number of hydrogen-bond acceptors (Lipinski definition) is 7. The minimum atomic E-state index is -0.724. The van der Waals surface area contributed by atoms with Crippen molar-refractivity contribution >= 4 is 40.2 Å². The van der Waals surface area contributed by atoms with Gasteiger partial charge in [0, 0.05) is 35.2 Å². The smallest absolute Gasteiger partial charge is 0.255 e. The van der Waals surface area contributed by atoms with E-state index in [1.807, 2.05) is 24.3 Å². The highest BCUT2D eigenvalue weighted by atomic mass is 16.2. The number of H-pyrrole nitrogens is 1. The summed E-state index contributed by atoms with van der Waals surface area (Å²) in [7, 11) is 0. The Morgan fingerprint density at radius 1 is 1.11 bits per heavy atom. The Labute approximate surface area is 203 Å². The highest BCUT2D eigenvalue weighted by molar-refractivity contribution is 6.06. The van der Waals surface area contributed by atoms with Crippen LogP contribution in [-0.2, 0) is 27.5 Å². The van der Waals surface area contributed by atoms with Gasteiger partial charge in [-0.3, -0.25) is 29.6 Å². The van der Waals surface area contributed by atoms with E-state index in [0.717, 1.165) is 10.9 Å². The van der Waals surface area contributed by atoms with E-state index in [2.05, 4.69) is 31.1 Å². The Morgan fingerprint density at radius 3 is 2.83 bits per heavy atom. The molecule has 1 saturated heterocycles. The molecule has 0 spiro atoms. The molecule has 1 unspecified atom stereocenters. The maximum Gasteiger partial charge on any atom is 0.255 e. The number of para-hydroxylation sites is 1. The Kier molecular flexibility index (Phi) is 5.06. The van der Waals surface area contributed by atoms with Crippen LogP contribution in [0.5, 0.6) is 0 Å². The van der Waals surface area contributed by atoms with Gasteiger partial charge in [0.15, 0.2) is 0 Å². The third kappa shape index (κ3) is 3.68. The Balaban J connectivity index is 1.17. The molecule has 0 saturated carbocycles. The summed E-state index contributed by atoms with van der Waals surface area (Å²) in [5.41, 5.74) is 3.59. The first-order chi connectivity index (χ1) is 17.5. The number of aromatic amines is 1. The highest BCUT2D eigenvalue weighted by Crippen LogP contribution is 2.32. The van der Waals surface area contributed by atoms with Crippen LogP contribution < -0.4 is 10.6 Å². The Bertz CT molecular complexity index is 1550. The second-order valence-corrected chi connectivity index (χ2v) is 8.70. The van der Waals surface area contributed by atoms with E-state index in [4.69, 9.17) is 0 Å². The fourth-order valence-corrected chi connectivity index (χ4v) is 4.68. The number of aromatic nitrogens is 5. The van der Waals surface area contributed by atoms with Crippen LogP contribution in [0.25, 0.3) is 22.3 Å². The van der Waals surface area contributed by atoms with E-state index in [9.17, 15) is 19.2 Å². The largest absolute Gasteiger partial charge is 0.324 e. The van der Waals surface area contributed by atoms with Crippen molar-refractivity contribution < 1.29 is 19.2 Å². The van der Waals surface area contributed by atoms with E-state index in [1.165, 1.54) is 9.58 Å². The number of anilines is 1. The minimum absolute atomic E-state index is 0.0934. The lowest BCUT2D eigenvalue weighted by Gasteiger charge is -2.29. The summed E-state index contributed by atoms with van der Waals surface area (Å²) < 4.78 is 1.41. The summed E-state index contributed by atoms with van der Waals surface area (Å²) in [6.45, 7) is 0.0699. The number of fused-ring (bicyclic) bond motifs is 2. The third-order valence-corrected chi connectivity index (χ3v) is 6.41. The fraction of sp³-hybridized carbons (Fsp3) is 0.208. The molecule has 1 atom stereocenters. The number of carbonyl (C=O) groups excluding carboxylic acids is 4. The molecule has 2 aromatic carbocycles. The second-order valence-electron chi connectivity index (χ2n) is 8.70. The minimum Gasteiger partial charge on any atom is -0.324 e. The van der Waals surface area contributed by atoms with Gasteiger partial charge in [-0.1, -0.05) is 29.5 Å². The van der Waals surface area contributed by atoms with Gasteiger partial charge in [0.1, 0.15) is 24.0 Å². The van der Waals surface area contributed by atoms with Crippen molar-refractivity contribution in [2.24, 2.45) is 0 Å². The first-order valence-electron chi connectivity index (χ1n) is 11.4. The molecule has 0 radical (unpaired) electrons. The van der Waals surface area contributed by atoms with E-state index < -0.39 is 11.9 Å². The van der Waals surface area contributed by atoms with Gasteiger partial charge in [-0.05, 0) is 24.6 Å². The zero-order valence-electron chi connectivity index (χ0n) is 18.9. The van der Waals surface area contributed by atoms with Crippen molar-refractivity contribution in [2.75, 3.05) is 5.32 Å². The lowest BCUT2D eigenvalue weighted by molar-refractivity contribution is -0.137. The standard InChI is InChI=1S/C24H20N8O4/c33-20-9-8-19(23(35)26-20)32-10-15-13(24(32)36)5-3-7-16(15)25-21(34)12-31-11-18(28-30-31)22-14-4-1-2-6-17(14)27-29-22/h1-7,11,19H,8-10,12H2,(H,25,34)(H,27,29)(H,26,33,35). The Morgan fingerprint density at radius 2 is 1.97 bits per heavy atom. The number of hydrogen-bond donors (Lipinski definition) is 3. The number of carbonyl (C=O) groups is 4. The average molecular weight is 484 g/mol. The van der Waals surface area contributed by atoms with E-state index in [1.54, 1.807) is 24.4 Å². The molecule has 12 heteroatoms. The van der Waals surface area contributed by atoms with Crippen LogP contribution in [0.15, 0.2) is 48.7 Å². The van der Waals surface area contributed by atoms with Gasteiger partial charge >= 0.3 is 0 Å². The first kappa shape index (κ1) is 21.6. The molecule has 2 aliphatic rings. The van der Waals surface area contributed by atoms with Crippen LogP contribution >= 0.6 is 0 Å². The van der Waals surface area contributed by atoms with Crippen molar-refractivity contribution in [2.45, 2.75) is 32.0 Å². The molecule has 36 heavy (non-hydrogen) atoms. The van der Waals surface area contributed by atoms with Crippen LogP contribution in [0.3, 0.4) is 0 Å². The monoisotopic (exact) mass is 484 g/mol. The van der Waals surface area contributed by atoms with E-state index >= 15 is 0 Å². The predicted octanol–water partition coefficient (Wildman–Crippen LogP) is 1.22. The maximum atomic E-state index is 13.0. The van der Waals surface area contributed by atoms with E-state index in [0.29, 0.717) is 28.2 Å². The van der Waals surface area contributed by atoms with Crippen molar-refractivity contribution in [1.29, 1.82) is 0 Å². The molecule has 6 rings (SSSR count). The van der Waals surface area contributed by atoms with E-state index in [-0.39, 0.29) is 43.7 Å². The molecule has 0 aliphatic carbocycles. The van der Waals surface area contributed by atoms with Gasteiger partial charge in [-0.25, -0.2) is 4.68 Å². The molecule has 4 heterocycles. The summed E-state index contributed by atoms with van der Waals surface area (Å²) in [6.07, 6.45) is 2.09. The van der Waals surface area contributed by atoms with Crippen molar-refractivity contribution in [1.82, 2.24) is 35.4 Å². The zero-order chi connectivity index (χ0) is 24.8. The normalized spacial score (nSPS) is 17.4. The molecule has 4 aromatic rings. The van der Waals surface area contributed by atoms with Crippen LogP contribution in [-0.4, -0.2) is 59.8 Å². The molecule has 2 aliphatic heterocycles. The molecule has 3 N–H and O–H groups in total. The lowest BCUT2D eigenvalue weighted by Crippen LogP contribution is -2.52. The van der Waals surface area contributed by atoms with Gasteiger partial charge in [0.2, 0.25) is 17.7 Å². The summed E-state index contributed by atoms with van der Waals surface area (Å²) in [4.78, 5) is 51.0. The SMILES string of the molecule is O=C1CCC(N2Cc3c(NC(=O)Cn4cc(-c5n[nH]c6ccccc56)nn4)cccc3C2=O)C(=O)N1. The molecule has 2 aromatic heterocycles. The lowest BCUT2D eigenvalue weighted by atomic mass is 10.0. The molecule has 1 fully saturated rings. The van der Waals surface area contributed by atoms with Crippen molar-refractivity contribution in [3.63, 3.8) is 0 Å². The fourth-order valence-electron chi connectivity index (χ4n) is 4.68. The maximum absolute atomic E-state index is 13.0. The van der Waals surface area contributed by atoms with Gasteiger partial charge < -0.3 is 10.2 Å². The molecular formula is C24H20N8O4. The summed E-state index contributed by atoms with van der Waals surface area (Å²) >= 11 is 0. The molecule has 12 nitrogen and oxygen atoms in total. The van der Waals surface area contributed by atoms with Gasteiger partial charge in [0.25, 0.3) is 5.91 Å². The van der Waals surface area contributed by atoms with Crippen LogP contribution in [0.4, 0.5) is 5.69 Å². The number of benzene rings is 2. The number of amides is 4. The number of piperidine rings is 1. The van der Waals surface area contributed by atoms with Crippen LogP contribution in [0, 0.1) is 0 Å². The number of imide groups is 1. The third-order valence-electron chi connectivity index (χ3n) is 6.41. The average Bonchev–Trinajstić information content (AvgIpc) is 3.57. The van der Waals surface area contributed by atoms with Crippen molar-refractivity contribution in [3.05, 3.63) is 59.8 Å². The summed E-state index contributed by atoms with van der Waals surface area (Å²) in [6, 6.07) is 12.0. The highest BCUT2D eigenvalue weighted by Gasteiger charge is 2.40. The summed E-state index contributed by atoms with van der Waals surface area (Å²) in [5.74, 6) is -1.48. The number of nitrogens with zero attached hydrogens (tertiary/aromatic N) is 5.